The third-order valence-corrected chi connectivity index (χ3v) is 1.86. The minimum Gasteiger partial charge on any atom is -0.308 e. The van der Waals surface area contributed by atoms with E-state index in [-0.39, 0.29) is 17.4 Å². The van der Waals surface area contributed by atoms with Crippen LogP contribution < -0.4 is 0 Å². The normalized spacial score (nSPS) is 11.1. The smallest absolute Gasteiger partial charge is 0.0107 e. The van der Waals surface area contributed by atoms with E-state index < -0.39 is 0 Å². The number of hydrogen-bond acceptors (Lipinski definition) is 3. The van der Waals surface area contributed by atoms with Crippen molar-refractivity contribution in [2.24, 2.45) is 0 Å². The standard InChI is InChI=1S/C9H23N3.Cr/c1-10(2)6-8-12(5)9-7-11(3)4;/h6-9H2,1-5H3;. The minimum atomic E-state index is 0. The molecule has 4 heteroatoms. The molecule has 0 saturated heterocycles. The molecular formula is C9H23CrN3. The molecule has 0 spiro atoms. The number of hydrogen-bond donors (Lipinski definition) is 0. The molecule has 0 heterocycles. The van der Waals surface area contributed by atoms with Crippen LogP contribution in [0, 0.1) is 0 Å². The molecule has 0 aromatic rings. The largest absolute Gasteiger partial charge is 0.308 e. The van der Waals surface area contributed by atoms with Gasteiger partial charge in [0.25, 0.3) is 0 Å². The van der Waals surface area contributed by atoms with Gasteiger partial charge in [0.1, 0.15) is 0 Å². The first-order valence-corrected chi connectivity index (χ1v) is 4.50. The second kappa shape index (κ2) is 8.99. The third-order valence-electron chi connectivity index (χ3n) is 1.86. The Kier molecular flexibility index (Phi) is 11.0. The summed E-state index contributed by atoms with van der Waals surface area (Å²) in [6.45, 7) is 4.59. The summed E-state index contributed by atoms with van der Waals surface area (Å²) in [5.74, 6) is 0. The van der Waals surface area contributed by atoms with Crippen LogP contribution in [-0.2, 0) is 17.4 Å². The van der Waals surface area contributed by atoms with Crippen LogP contribution in [0.2, 0.25) is 0 Å². The van der Waals surface area contributed by atoms with E-state index in [0.717, 1.165) is 26.2 Å². The van der Waals surface area contributed by atoms with Crippen molar-refractivity contribution in [3.63, 3.8) is 0 Å². The average molecular weight is 225 g/mol. The zero-order chi connectivity index (χ0) is 9.56. The molecule has 13 heavy (non-hydrogen) atoms. The summed E-state index contributed by atoms with van der Waals surface area (Å²) in [4.78, 5) is 6.79. The molecule has 0 bridgehead atoms. The van der Waals surface area contributed by atoms with E-state index in [1.165, 1.54) is 0 Å². The van der Waals surface area contributed by atoms with E-state index >= 15 is 0 Å². The zero-order valence-corrected chi connectivity index (χ0v) is 10.9. The summed E-state index contributed by atoms with van der Waals surface area (Å²) in [5, 5.41) is 0. The summed E-state index contributed by atoms with van der Waals surface area (Å²) in [5.41, 5.74) is 0. The average Bonchev–Trinajstić information content (AvgIpc) is 1.96. The molecule has 80 valence electrons. The van der Waals surface area contributed by atoms with Crippen LogP contribution in [0.15, 0.2) is 0 Å². The van der Waals surface area contributed by atoms with Gasteiger partial charge in [0.15, 0.2) is 0 Å². The first-order chi connectivity index (χ1) is 5.52. The molecule has 0 radical (unpaired) electrons. The summed E-state index contributed by atoms with van der Waals surface area (Å²) in [6.07, 6.45) is 0. The maximum atomic E-state index is 2.36. The van der Waals surface area contributed by atoms with Gasteiger partial charge in [-0.3, -0.25) is 0 Å². The Morgan fingerprint density at radius 3 is 1.15 bits per heavy atom. The first-order valence-electron chi connectivity index (χ1n) is 4.50. The van der Waals surface area contributed by atoms with Gasteiger partial charge < -0.3 is 14.7 Å². The molecule has 0 saturated carbocycles. The van der Waals surface area contributed by atoms with Crippen LogP contribution in [0.5, 0.6) is 0 Å². The predicted molar refractivity (Wildman–Crippen MR) is 54.6 cm³/mol. The van der Waals surface area contributed by atoms with Crippen molar-refractivity contribution in [1.29, 1.82) is 0 Å². The Bertz CT molecular complexity index is 95.0. The van der Waals surface area contributed by atoms with Crippen molar-refractivity contribution in [2.75, 3.05) is 61.4 Å². The van der Waals surface area contributed by atoms with E-state index in [9.17, 15) is 0 Å². The van der Waals surface area contributed by atoms with Crippen LogP contribution in [-0.4, -0.2) is 76.1 Å². The number of rotatable bonds is 6. The molecular weight excluding hydrogens is 202 g/mol. The molecule has 0 aliphatic rings. The van der Waals surface area contributed by atoms with Crippen molar-refractivity contribution >= 4 is 0 Å². The van der Waals surface area contributed by atoms with Crippen LogP contribution in [0.25, 0.3) is 0 Å². The van der Waals surface area contributed by atoms with Gasteiger partial charge in [0, 0.05) is 43.5 Å². The van der Waals surface area contributed by atoms with Gasteiger partial charge in [0.05, 0.1) is 0 Å². The Balaban J connectivity index is 0. The number of likely N-dealkylation sites (N-methyl/N-ethyl adjacent to an activating group) is 3. The Hall–Kier alpha value is 0.412. The molecule has 0 N–H and O–H groups in total. The molecule has 0 aliphatic heterocycles. The maximum absolute atomic E-state index is 2.36. The van der Waals surface area contributed by atoms with Crippen molar-refractivity contribution < 1.29 is 17.4 Å². The van der Waals surface area contributed by atoms with Gasteiger partial charge in [-0.2, -0.15) is 0 Å². The van der Waals surface area contributed by atoms with Crippen molar-refractivity contribution in [3.8, 4) is 0 Å². The van der Waals surface area contributed by atoms with E-state index in [1.807, 2.05) is 0 Å². The van der Waals surface area contributed by atoms with Crippen LogP contribution in [0.4, 0.5) is 0 Å². The van der Waals surface area contributed by atoms with E-state index in [1.54, 1.807) is 0 Å². The van der Waals surface area contributed by atoms with Gasteiger partial charge in [-0.15, -0.1) is 0 Å². The monoisotopic (exact) mass is 225 g/mol. The van der Waals surface area contributed by atoms with Gasteiger partial charge in [-0.1, -0.05) is 0 Å². The third kappa shape index (κ3) is 12.4. The van der Waals surface area contributed by atoms with Crippen LogP contribution in [0.3, 0.4) is 0 Å². The Morgan fingerprint density at radius 2 is 0.923 bits per heavy atom. The van der Waals surface area contributed by atoms with Gasteiger partial charge >= 0.3 is 0 Å². The summed E-state index contributed by atoms with van der Waals surface area (Å²) in [7, 11) is 10.6. The fourth-order valence-electron chi connectivity index (χ4n) is 0.853. The van der Waals surface area contributed by atoms with E-state index in [4.69, 9.17) is 0 Å². The molecule has 3 nitrogen and oxygen atoms in total. The Morgan fingerprint density at radius 1 is 0.615 bits per heavy atom. The summed E-state index contributed by atoms with van der Waals surface area (Å²) < 4.78 is 0. The van der Waals surface area contributed by atoms with Crippen molar-refractivity contribution in [3.05, 3.63) is 0 Å². The number of nitrogens with zero attached hydrogens (tertiary/aromatic N) is 3. The SMILES string of the molecule is CN(C)CCN(C)CCN(C)C.[Cr]. The van der Waals surface area contributed by atoms with Gasteiger partial charge in [-0.25, -0.2) is 0 Å². The van der Waals surface area contributed by atoms with Crippen molar-refractivity contribution in [1.82, 2.24) is 14.7 Å². The minimum absolute atomic E-state index is 0. The summed E-state index contributed by atoms with van der Waals surface area (Å²) in [6, 6.07) is 0. The van der Waals surface area contributed by atoms with Crippen LogP contribution in [0.1, 0.15) is 0 Å². The molecule has 0 atom stereocenters. The van der Waals surface area contributed by atoms with Crippen LogP contribution >= 0.6 is 0 Å². The summed E-state index contributed by atoms with van der Waals surface area (Å²) >= 11 is 0. The van der Waals surface area contributed by atoms with Gasteiger partial charge in [0.2, 0.25) is 0 Å². The van der Waals surface area contributed by atoms with Gasteiger partial charge in [-0.05, 0) is 35.2 Å². The maximum Gasteiger partial charge on any atom is 0.0107 e. The molecule has 0 aliphatic carbocycles. The molecule has 0 unspecified atom stereocenters. The molecule has 0 aromatic carbocycles. The molecule has 0 rings (SSSR count). The zero-order valence-electron chi connectivity index (χ0n) is 9.58. The second-order valence-electron chi connectivity index (χ2n) is 3.91. The second-order valence-corrected chi connectivity index (χ2v) is 3.91. The molecule has 0 aromatic heterocycles. The van der Waals surface area contributed by atoms with E-state index in [2.05, 4.69) is 49.9 Å². The predicted octanol–water partition coefficient (Wildman–Crippen LogP) is 0.0389. The topological polar surface area (TPSA) is 9.72 Å². The van der Waals surface area contributed by atoms with Crippen molar-refractivity contribution in [2.45, 2.75) is 0 Å². The Labute approximate surface area is 93.8 Å². The fourth-order valence-corrected chi connectivity index (χ4v) is 0.853. The molecule has 0 amide bonds. The fraction of sp³-hybridized carbons (Fsp3) is 1.00. The van der Waals surface area contributed by atoms with E-state index in [0.29, 0.717) is 0 Å². The quantitative estimate of drug-likeness (QED) is 0.632. The molecule has 0 fully saturated rings. The first kappa shape index (κ1) is 15.9.